The van der Waals surface area contributed by atoms with Crippen molar-refractivity contribution in [3.63, 3.8) is 0 Å². The number of carbonyl (C=O) groups is 2. The number of rotatable bonds is 7. The van der Waals surface area contributed by atoms with Crippen LogP contribution in [-0.4, -0.2) is 50.1 Å². The average Bonchev–Trinajstić information content (AvgIpc) is 2.94. The zero-order valence-corrected chi connectivity index (χ0v) is 24.5. The van der Waals surface area contributed by atoms with Gasteiger partial charge in [0.1, 0.15) is 22.2 Å². The van der Waals surface area contributed by atoms with Gasteiger partial charge in [0.2, 0.25) is 11.7 Å². The summed E-state index contributed by atoms with van der Waals surface area (Å²) in [4.78, 5) is 42.5. The summed E-state index contributed by atoms with van der Waals surface area (Å²) in [5.41, 5.74) is 5.79. The minimum absolute atomic E-state index is 0.0716. The lowest BCUT2D eigenvalue weighted by Gasteiger charge is -2.28. The van der Waals surface area contributed by atoms with Gasteiger partial charge in [-0.2, -0.15) is 13.2 Å². The number of pyridine rings is 1. The summed E-state index contributed by atoms with van der Waals surface area (Å²) in [5.74, 6) is -1.99. The Morgan fingerprint density at radius 1 is 1.05 bits per heavy atom. The molecule has 0 saturated carbocycles. The molecule has 0 fully saturated rings. The first kappa shape index (κ1) is 33.1. The van der Waals surface area contributed by atoms with Crippen molar-refractivity contribution >= 4 is 39.3 Å². The van der Waals surface area contributed by atoms with Gasteiger partial charge in [0, 0.05) is 30.7 Å². The second-order valence-corrected chi connectivity index (χ2v) is 9.55. The first-order valence-electron chi connectivity index (χ1n) is 12.5. The molecule has 13 heteroatoms. The number of amides is 2. The minimum Gasteiger partial charge on any atom is -0.404 e. The largest absolute Gasteiger partial charge is 0.433 e. The van der Waals surface area contributed by atoms with Gasteiger partial charge in [0.15, 0.2) is 0 Å². The van der Waals surface area contributed by atoms with Crippen molar-refractivity contribution in [1.82, 2.24) is 25.2 Å². The standard InChI is InChI=1S/C23H27F3N6O2.C5H4BrN/c1-5-32(20(17(13-27)14(2)3)30-16-9-7-6-8-10-16)22(34)15(4)29-21(33)19-28-12-11-18(31-19)23(24,25)26;6-5-3-1-2-4-7-5/h6-15H,5,27H2,1-4H3,(H,29,33);1-4H/b17-13-,30-20?;. The molecule has 3 N–H and O–H groups in total. The van der Waals surface area contributed by atoms with Gasteiger partial charge in [-0.25, -0.2) is 19.9 Å². The number of hydrogen-bond acceptors (Lipinski definition) is 7. The van der Waals surface area contributed by atoms with Crippen molar-refractivity contribution in [2.75, 3.05) is 6.54 Å². The van der Waals surface area contributed by atoms with Crippen LogP contribution in [0.15, 0.2) is 88.4 Å². The van der Waals surface area contributed by atoms with Crippen molar-refractivity contribution < 1.29 is 22.8 Å². The minimum atomic E-state index is -4.73. The van der Waals surface area contributed by atoms with Crippen LogP contribution in [0.2, 0.25) is 0 Å². The molecule has 2 amide bonds. The van der Waals surface area contributed by atoms with Gasteiger partial charge in [0.05, 0.1) is 5.69 Å². The Kier molecular flexibility index (Phi) is 12.6. The lowest BCUT2D eigenvalue weighted by molar-refractivity contribution is -0.141. The van der Waals surface area contributed by atoms with Crippen molar-refractivity contribution in [2.45, 2.75) is 39.9 Å². The number of alkyl halides is 3. The van der Waals surface area contributed by atoms with Crippen molar-refractivity contribution in [3.8, 4) is 0 Å². The zero-order valence-electron chi connectivity index (χ0n) is 22.9. The number of para-hydroxylation sites is 1. The monoisotopic (exact) mass is 633 g/mol. The summed E-state index contributed by atoms with van der Waals surface area (Å²) in [6.45, 7) is 7.14. The Balaban J connectivity index is 0.000000729. The second-order valence-electron chi connectivity index (χ2n) is 8.74. The highest BCUT2D eigenvalue weighted by molar-refractivity contribution is 9.10. The predicted octanol–water partition coefficient (Wildman–Crippen LogP) is 5.54. The molecular weight excluding hydrogens is 603 g/mol. The number of nitrogens with one attached hydrogen (secondary N) is 1. The van der Waals surface area contributed by atoms with E-state index >= 15 is 0 Å². The molecule has 0 radical (unpaired) electrons. The molecule has 41 heavy (non-hydrogen) atoms. The van der Waals surface area contributed by atoms with Crippen LogP contribution in [0.25, 0.3) is 0 Å². The molecule has 3 aromatic rings. The van der Waals surface area contributed by atoms with Crippen LogP contribution in [0, 0.1) is 5.92 Å². The molecule has 0 saturated heterocycles. The summed E-state index contributed by atoms with van der Waals surface area (Å²) >= 11 is 3.20. The number of halogens is 4. The fourth-order valence-corrected chi connectivity index (χ4v) is 3.64. The number of amidine groups is 1. The van der Waals surface area contributed by atoms with E-state index in [-0.39, 0.29) is 12.5 Å². The summed E-state index contributed by atoms with van der Waals surface area (Å²) in [7, 11) is 0. The normalized spacial score (nSPS) is 12.7. The highest BCUT2D eigenvalue weighted by Gasteiger charge is 2.34. The van der Waals surface area contributed by atoms with Gasteiger partial charge in [-0.1, -0.05) is 38.1 Å². The Hall–Kier alpha value is -4.13. The van der Waals surface area contributed by atoms with Gasteiger partial charge in [-0.15, -0.1) is 0 Å². The van der Waals surface area contributed by atoms with Crippen LogP contribution in [0.4, 0.5) is 18.9 Å². The van der Waals surface area contributed by atoms with Crippen LogP contribution in [0.5, 0.6) is 0 Å². The van der Waals surface area contributed by atoms with Crippen molar-refractivity contribution in [3.05, 3.63) is 94.9 Å². The van der Waals surface area contributed by atoms with E-state index in [9.17, 15) is 22.8 Å². The fraction of sp³-hybridized carbons (Fsp3) is 0.286. The molecule has 0 aliphatic rings. The fourth-order valence-electron chi connectivity index (χ4n) is 3.37. The van der Waals surface area contributed by atoms with Crippen LogP contribution < -0.4 is 11.1 Å². The Morgan fingerprint density at radius 3 is 2.20 bits per heavy atom. The number of aliphatic imine (C=N–C) groups is 1. The molecule has 2 aromatic heterocycles. The number of likely N-dealkylation sites (N-methyl/N-ethyl adjacent to an activating group) is 1. The summed E-state index contributed by atoms with van der Waals surface area (Å²) in [6, 6.07) is 14.2. The number of carbonyl (C=O) groups excluding carboxylic acids is 2. The number of nitrogens with zero attached hydrogens (tertiary/aromatic N) is 5. The molecule has 2 heterocycles. The van der Waals surface area contributed by atoms with Gasteiger partial charge in [-0.3, -0.25) is 14.5 Å². The third-order valence-corrected chi connectivity index (χ3v) is 5.85. The Bertz CT molecular complexity index is 1350. The van der Waals surface area contributed by atoms with E-state index in [4.69, 9.17) is 5.73 Å². The van der Waals surface area contributed by atoms with Crippen LogP contribution in [-0.2, 0) is 11.0 Å². The number of aromatic nitrogens is 3. The Morgan fingerprint density at radius 2 is 1.71 bits per heavy atom. The maximum absolute atomic E-state index is 13.3. The lowest BCUT2D eigenvalue weighted by Crippen LogP contribution is -2.50. The molecule has 3 rings (SSSR count). The van der Waals surface area contributed by atoms with E-state index in [1.165, 1.54) is 18.0 Å². The summed E-state index contributed by atoms with van der Waals surface area (Å²) in [6.07, 6.45) is -0.781. The Labute approximate surface area is 244 Å². The first-order chi connectivity index (χ1) is 19.4. The quantitative estimate of drug-likeness (QED) is 0.200. The first-order valence-corrected chi connectivity index (χ1v) is 13.3. The highest BCUT2D eigenvalue weighted by atomic mass is 79.9. The molecule has 0 bridgehead atoms. The smallest absolute Gasteiger partial charge is 0.404 e. The third kappa shape index (κ3) is 10.1. The maximum Gasteiger partial charge on any atom is 0.433 e. The summed E-state index contributed by atoms with van der Waals surface area (Å²) in [5, 5.41) is 2.37. The molecule has 0 aliphatic heterocycles. The average molecular weight is 635 g/mol. The molecule has 1 atom stereocenters. The molecule has 1 unspecified atom stereocenters. The molecule has 1 aromatic carbocycles. The van der Waals surface area contributed by atoms with Gasteiger partial charge < -0.3 is 11.1 Å². The topological polar surface area (TPSA) is 126 Å². The molecular formula is C28H31BrF3N7O2. The molecule has 0 aliphatic carbocycles. The summed E-state index contributed by atoms with van der Waals surface area (Å²) < 4.78 is 39.6. The maximum atomic E-state index is 13.3. The van der Waals surface area contributed by atoms with E-state index in [2.05, 4.69) is 41.2 Å². The van der Waals surface area contributed by atoms with Crippen LogP contribution in [0.3, 0.4) is 0 Å². The van der Waals surface area contributed by atoms with E-state index in [1.807, 2.05) is 38.1 Å². The number of benzene rings is 1. The SMILES string of the molecule is Brc1ccccn1.CCN(C(=O)C(C)NC(=O)c1nccc(C(F)(F)F)n1)C(=Nc1ccccc1)/C(=C\N)C(C)C. The highest BCUT2D eigenvalue weighted by Crippen LogP contribution is 2.27. The molecule has 9 nitrogen and oxygen atoms in total. The van der Waals surface area contributed by atoms with E-state index < -0.39 is 35.6 Å². The van der Waals surface area contributed by atoms with E-state index in [1.54, 1.807) is 37.4 Å². The predicted molar refractivity (Wildman–Crippen MR) is 154 cm³/mol. The molecule has 218 valence electrons. The van der Waals surface area contributed by atoms with Gasteiger partial charge in [0.25, 0.3) is 5.91 Å². The van der Waals surface area contributed by atoms with Gasteiger partial charge in [-0.05, 0) is 66.0 Å². The van der Waals surface area contributed by atoms with Crippen molar-refractivity contribution in [2.24, 2.45) is 16.6 Å². The molecule has 0 spiro atoms. The van der Waals surface area contributed by atoms with Crippen LogP contribution in [0.1, 0.15) is 44.0 Å². The number of nitrogens with two attached hydrogens (primary N) is 1. The lowest BCUT2D eigenvalue weighted by atomic mass is 10.0. The van der Waals surface area contributed by atoms with Crippen molar-refractivity contribution in [1.29, 1.82) is 0 Å². The van der Waals surface area contributed by atoms with Gasteiger partial charge >= 0.3 is 6.18 Å². The zero-order chi connectivity index (χ0) is 30.6. The second kappa shape index (κ2) is 15.6. The third-order valence-electron chi connectivity index (χ3n) is 5.38. The van der Waals surface area contributed by atoms with Crippen LogP contribution >= 0.6 is 15.9 Å². The number of hydrogen-bond donors (Lipinski definition) is 2. The van der Waals surface area contributed by atoms with E-state index in [0.717, 1.165) is 10.8 Å². The van der Waals surface area contributed by atoms with E-state index in [0.29, 0.717) is 23.2 Å².